The van der Waals surface area contributed by atoms with E-state index in [0.29, 0.717) is 29.9 Å². The standard InChI is InChI=1S/C34H30BrFN2O2/c1-2-39-32-19-23(18-30(35)34(32)40-21-22-7-5-8-25(36)17-22)20-37-26-15-13-24(14-16-26)33-29-11-6-10-27(29)28-9-3-4-12-31(28)38-33/h3-10,12-20,27,29,33,38H,2,11,21H2,1H3/t27-,29+,33-/m0/s1. The molecule has 4 aromatic carbocycles. The van der Waals surface area contributed by atoms with Gasteiger partial charge in [0.15, 0.2) is 11.5 Å². The minimum atomic E-state index is -0.287. The van der Waals surface area contributed by atoms with Gasteiger partial charge in [-0.25, -0.2) is 4.39 Å². The van der Waals surface area contributed by atoms with Crippen molar-refractivity contribution in [1.29, 1.82) is 0 Å². The number of nitrogens with zero attached hydrogens (tertiary/aromatic N) is 1. The Hall–Kier alpha value is -3.90. The second kappa shape index (κ2) is 11.7. The summed E-state index contributed by atoms with van der Waals surface area (Å²) in [6, 6.07) is 27.6. The van der Waals surface area contributed by atoms with E-state index in [1.54, 1.807) is 6.07 Å². The first kappa shape index (κ1) is 26.3. The summed E-state index contributed by atoms with van der Waals surface area (Å²) in [7, 11) is 0. The van der Waals surface area contributed by atoms with Gasteiger partial charge in [0.05, 0.1) is 22.8 Å². The zero-order valence-electron chi connectivity index (χ0n) is 22.2. The summed E-state index contributed by atoms with van der Waals surface area (Å²) in [6.07, 6.45) is 7.58. The normalized spacial score (nSPS) is 19.2. The Bertz CT molecular complexity index is 1570. The molecule has 4 aromatic rings. The van der Waals surface area contributed by atoms with Gasteiger partial charge in [0.2, 0.25) is 0 Å². The molecule has 4 nitrogen and oxygen atoms in total. The highest BCUT2D eigenvalue weighted by molar-refractivity contribution is 9.10. The van der Waals surface area contributed by atoms with Gasteiger partial charge in [-0.3, -0.25) is 4.99 Å². The lowest BCUT2D eigenvalue weighted by Crippen LogP contribution is -2.28. The van der Waals surface area contributed by atoms with Crippen LogP contribution < -0.4 is 14.8 Å². The number of para-hydroxylation sites is 1. The lowest BCUT2D eigenvalue weighted by molar-refractivity contribution is 0.267. The van der Waals surface area contributed by atoms with Crippen LogP contribution in [0.5, 0.6) is 11.5 Å². The fourth-order valence-electron chi connectivity index (χ4n) is 5.64. The SMILES string of the molecule is CCOc1cc(C=Nc2ccc([C@@H]3Nc4ccccc4[C@@H]4C=CC[C@H]43)cc2)cc(Br)c1OCc1cccc(F)c1. The van der Waals surface area contributed by atoms with E-state index < -0.39 is 0 Å². The van der Waals surface area contributed by atoms with Crippen molar-refractivity contribution >= 4 is 33.5 Å². The molecule has 202 valence electrons. The van der Waals surface area contributed by atoms with E-state index in [9.17, 15) is 4.39 Å². The molecule has 1 aliphatic heterocycles. The summed E-state index contributed by atoms with van der Waals surface area (Å²) in [5.41, 5.74) is 6.39. The van der Waals surface area contributed by atoms with Crippen LogP contribution in [-0.2, 0) is 6.61 Å². The van der Waals surface area contributed by atoms with E-state index in [0.717, 1.165) is 27.7 Å². The Labute approximate surface area is 242 Å². The van der Waals surface area contributed by atoms with Crippen LogP contribution >= 0.6 is 15.9 Å². The molecule has 3 atom stereocenters. The van der Waals surface area contributed by atoms with Gasteiger partial charge >= 0.3 is 0 Å². The van der Waals surface area contributed by atoms with Crippen LogP contribution in [0.2, 0.25) is 0 Å². The van der Waals surface area contributed by atoms with Crippen molar-refractivity contribution in [2.24, 2.45) is 10.9 Å². The van der Waals surface area contributed by atoms with Gasteiger partial charge in [-0.1, -0.05) is 54.6 Å². The first-order valence-electron chi connectivity index (χ1n) is 13.6. The van der Waals surface area contributed by atoms with Crippen molar-refractivity contribution in [3.63, 3.8) is 0 Å². The lowest BCUT2D eigenvalue weighted by atomic mass is 9.77. The van der Waals surface area contributed by atoms with Gasteiger partial charge in [-0.05, 0) is 99.9 Å². The predicted molar refractivity (Wildman–Crippen MR) is 163 cm³/mol. The number of rotatable bonds is 8. The molecule has 0 saturated heterocycles. The van der Waals surface area contributed by atoms with E-state index in [-0.39, 0.29) is 18.5 Å². The second-order valence-electron chi connectivity index (χ2n) is 10.1. The van der Waals surface area contributed by atoms with Gasteiger partial charge < -0.3 is 14.8 Å². The summed E-state index contributed by atoms with van der Waals surface area (Å²) in [4.78, 5) is 4.72. The fourth-order valence-corrected chi connectivity index (χ4v) is 6.21. The zero-order chi connectivity index (χ0) is 27.5. The molecule has 0 fully saturated rings. The summed E-state index contributed by atoms with van der Waals surface area (Å²) in [5.74, 6) is 1.87. The number of hydrogen-bond donors (Lipinski definition) is 1. The van der Waals surface area contributed by atoms with Crippen LogP contribution in [0.4, 0.5) is 15.8 Å². The highest BCUT2D eigenvalue weighted by Crippen LogP contribution is 2.49. The van der Waals surface area contributed by atoms with E-state index in [1.165, 1.54) is 28.9 Å². The van der Waals surface area contributed by atoms with E-state index in [2.05, 4.69) is 81.9 Å². The molecule has 0 saturated carbocycles. The fraction of sp³-hybridized carbons (Fsp3) is 0.206. The van der Waals surface area contributed by atoms with Crippen LogP contribution in [0.25, 0.3) is 0 Å². The van der Waals surface area contributed by atoms with E-state index >= 15 is 0 Å². The highest BCUT2D eigenvalue weighted by atomic mass is 79.9. The molecule has 40 heavy (non-hydrogen) atoms. The molecule has 2 aliphatic rings. The third-order valence-corrected chi connectivity index (χ3v) is 8.08. The smallest absolute Gasteiger partial charge is 0.175 e. The molecule has 1 N–H and O–H groups in total. The van der Waals surface area contributed by atoms with E-state index in [4.69, 9.17) is 14.5 Å². The number of anilines is 1. The molecule has 0 radical (unpaired) electrons. The molecule has 0 unspecified atom stereocenters. The van der Waals surface area contributed by atoms with Crippen LogP contribution in [0, 0.1) is 11.7 Å². The molecular weight excluding hydrogens is 567 g/mol. The number of allylic oxidation sites excluding steroid dienone is 2. The predicted octanol–water partition coefficient (Wildman–Crippen LogP) is 9.14. The maximum Gasteiger partial charge on any atom is 0.175 e. The van der Waals surface area contributed by atoms with Crippen molar-refractivity contribution in [2.75, 3.05) is 11.9 Å². The molecule has 1 heterocycles. The third kappa shape index (κ3) is 5.54. The largest absolute Gasteiger partial charge is 0.490 e. The molecule has 0 spiro atoms. The molecule has 0 bridgehead atoms. The van der Waals surface area contributed by atoms with Gasteiger partial charge in [-0.15, -0.1) is 0 Å². The van der Waals surface area contributed by atoms with Crippen molar-refractivity contribution in [3.8, 4) is 11.5 Å². The van der Waals surface area contributed by atoms with Crippen molar-refractivity contribution in [2.45, 2.75) is 31.9 Å². The molecular formula is C34H30BrFN2O2. The Kier molecular flexibility index (Phi) is 7.69. The van der Waals surface area contributed by atoms with Crippen LogP contribution in [0.3, 0.4) is 0 Å². The molecule has 6 heteroatoms. The Balaban J connectivity index is 1.18. The number of fused-ring (bicyclic) bond motifs is 3. The number of aliphatic imine (C=N–C) groups is 1. The van der Waals surface area contributed by atoms with Crippen LogP contribution in [-0.4, -0.2) is 12.8 Å². The molecule has 0 aromatic heterocycles. The van der Waals surface area contributed by atoms with Crippen molar-refractivity contribution in [1.82, 2.24) is 0 Å². The number of benzene rings is 4. The number of halogens is 2. The maximum absolute atomic E-state index is 13.6. The van der Waals surface area contributed by atoms with Crippen LogP contribution in [0.1, 0.15) is 47.6 Å². The molecule has 6 rings (SSSR count). The van der Waals surface area contributed by atoms with Gasteiger partial charge in [0.25, 0.3) is 0 Å². The number of nitrogens with one attached hydrogen (secondary N) is 1. The maximum atomic E-state index is 13.6. The summed E-state index contributed by atoms with van der Waals surface area (Å²) >= 11 is 3.62. The Morgan fingerprint density at radius 1 is 1.00 bits per heavy atom. The monoisotopic (exact) mass is 596 g/mol. The van der Waals surface area contributed by atoms with Gasteiger partial charge in [0.1, 0.15) is 12.4 Å². The minimum Gasteiger partial charge on any atom is -0.490 e. The summed E-state index contributed by atoms with van der Waals surface area (Å²) in [6.45, 7) is 2.65. The zero-order valence-corrected chi connectivity index (χ0v) is 23.8. The minimum absolute atomic E-state index is 0.231. The van der Waals surface area contributed by atoms with Crippen molar-refractivity contribution < 1.29 is 13.9 Å². The average Bonchev–Trinajstić information content (AvgIpc) is 3.46. The van der Waals surface area contributed by atoms with Gasteiger partial charge in [-0.2, -0.15) is 0 Å². The lowest BCUT2D eigenvalue weighted by Gasteiger charge is -2.37. The average molecular weight is 598 g/mol. The number of hydrogen-bond acceptors (Lipinski definition) is 4. The van der Waals surface area contributed by atoms with Crippen LogP contribution in [0.15, 0.2) is 107 Å². The van der Waals surface area contributed by atoms with Crippen molar-refractivity contribution in [3.05, 3.63) is 130 Å². The number of ether oxygens (including phenoxy) is 2. The quantitative estimate of drug-likeness (QED) is 0.163. The van der Waals surface area contributed by atoms with E-state index in [1.807, 2.05) is 31.3 Å². The Morgan fingerprint density at radius 2 is 1.85 bits per heavy atom. The Morgan fingerprint density at radius 3 is 2.67 bits per heavy atom. The highest BCUT2D eigenvalue weighted by Gasteiger charge is 2.37. The first-order valence-corrected chi connectivity index (χ1v) is 14.4. The van der Waals surface area contributed by atoms with Gasteiger partial charge in [0, 0.05) is 17.8 Å². The summed E-state index contributed by atoms with van der Waals surface area (Å²) < 4.78 is 26.2. The first-order chi connectivity index (χ1) is 19.6. The third-order valence-electron chi connectivity index (χ3n) is 7.49. The molecule has 1 aliphatic carbocycles. The summed E-state index contributed by atoms with van der Waals surface area (Å²) in [5, 5.41) is 3.79. The molecule has 0 amide bonds. The topological polar surface area (TPSA) is 42.8 Å². The second-order valence-corrected chi connectivity index (χ2v) is 10.9.